The Labute approximate surface area is 258 Å². The van der Waals surface area contributed by atoms with Crippen LogP contribution in [0.25, 0.3) is 0 Å². The number of rotatable bonds is 13. The lowest BCUT2D eigenvalue weighted by Crippen LogP contribution is -2.53. The van der Waals surface area contributed by atoms with Crippen molar-refractivity contribution in [2.24, 2.45) is 0 Å². The third-order valence-corrected chi connectivity index (χ3v) is 8.92. The highest BCUT2D eigenvalue weighted by Crippen LogP contribution is 2.27. The number of aryl methyl sites for hydroxylation is 1. The zero-order valence-corrected chi connectivity index (χ0v) is 25.8. The molecule has 0 spiro atoms. The standard InChI is InChI=1S/C34H36FN3O5S/c1-4-36-34(40)32(22-26-8-6-5-7-9-26)37(23-27-12-14-28(35)15-13-27)33(39)24-38(29-16-18-30(43-3)19-17-29)44(41,42)31-20-10-25(2)11-21-31/h5-21,32H,4,22-24H2,1-3H3,(H,36,40)/t32-/m1/s1. The lowest BCUT2D eigenvalue weighted by atomic mass is 10.0. The first-order valence-electron chi connectivity index (χ1n) is 14.2. The molecule has 4 aromatic rings. The summed E-state index contributed by atoms with van der Waals surface area (Å²) < 4.78 is 48.2. The molecule has 0 aliphatic rings. The Hall–Kier alpha value is -4.70. The number of sulfonamides is 1. The Morgan fingerprint density at radius 1 is 0.864 bits per heavy atom. The summed E-state index contributed by atoms with van der Waals surface area (Å²) >= 11 is 0. The van der Waals surface area contributed by atoms with Crippen molar-refractivity contribution in [2.75, 3.05) is 24.5 Å². The lowest BCUT2D eigenvalue weighted by molar-refractivity contribution is -0.140. The zero-order chi connectivity index (χ0) is 31.7. The summed E-state index contributed by atoms with van der Waals surface area (Å²) in [7, 11) is -2.72. The number of methoxy groups -OCH3 is 1. The normalized spacial score (nSPS) is 11.8. The summed E-state index contributed by atoms with van der Waals surface area (Å²) in [6, 6.07) is 26.6. The first kappa shape index (κ1) is 32.2. The van der Waals surface area contributed by atoms with Gasteiger partial charge >= 0.3 is 0 Å². The molecule has 0 fully saturated rings. The summed E-state index contributed by atoms with van der Waals surface area (Å²) in [5.41, 5.74) is 2.53. The Morgan fingerprint density at radius 2 is 1.50 bits per heavy atom. The second-order valence-corrected chi connectivity index (χ2v) is 12.1. The lowest BCUT2D eigenvalue weighted by Gasteiger charge is -2.33. The Morgan fingerprint density at radius 3 is 2.09 bits per heavy atom. The fraction of sp³-hybridized carbons (Fsp3) is 0.235. The van der Waals surface area contributed by atoms with E-state index in [0.29, 0.717) is 17.9 Å². The van der Waals surface area contributed by atoms with Gasteiger partial charge in [-0.2, -0.15) is 0 Å². The summed E-state index contributed by atoms with van der Waals surface area (Å²) in [4.78, 5) is 29.2. The van der Waals surface area contributed by atoms with Crippen molar-refractivity contribution in [2.45, 2.75) is 37.8 Å². The molecule has 0 radical (unpaired) electrons. The molecule has 0 aromatic heterocycles. The maximum atomic E-state index is 14.3. The van der Waals surface area contributed by atoms with Crippen LogP contribution in [0.5, 0.6) is 5.75 Å². The maximum absolute atomic E-state index is 14.3. The molecule has 0 saturated heterocycles. The van der Waals surface area contributed by atoms with Gasteiger partial charge in [0.05, 0.1) is 17.7 Å². The van der Waals surface area contributed by atoms with Crippen molar-refractivity contribution in [1.82, 2.24) is 10.2 Å². The van der Waals surface area contributed by atoms with Crippen LogP contribution < -0.4 is 14.4 Å². The Kier molecular flexibility index (Phi) is 10.7. The molecule has 4 rings (SSSR count). The van der Waals surface area contributed by atoms with Crippen LogP contribution in [0.3, 0.4) is 0 Å². The number of carbonyl (C=O) groups is 2. The summed E-state index contributed by atoms with van der Waals surface area (Å²) in [6.07, 6.45) is 0.187. The minimum Gasteiger partial charge on any atom is -0.497 e. The minimum absolute atomic E-state index is 0.0152. The van der Waals surface area contributed by atoms with E-state index in [1.807, 2.05) is 37.3 Å². The molecule has 2 amide bonds. The highest BCUT2D eigenvalue weighted by atomic mass is 32.2. The summed E-state index contributed by atoms with van der Waals surface area (Å²) in [6.45, 7) is 3.33. The number of amides is 2. The second-order valence-electron chi connectivity index (χ2n) is 10.3. The highest BCUT2D eigenvalue weighted by molar-refractivity contribution is 7.92. The number of hydrogen-bond acceptors (Lipinski definition) is 5. The molecule has 0 saturated carbocycles. The fourth-order valence-corrected chi connectivity index (χ4v) is 6.16. The number of hydrogen-bond donors (Lipinski definition) is 1. The molecule has 1 N–H and O–H groups in total. The van der Waals surface area contributed by atoms with Gasteiger partial charge in [-0.05, 0) is 73.5 Å². The molecule has 10 heteroatoms. The van der Waals surface area contributed by atoms with Gasteiger partial charge in [0.25, 0.3) is 10.0 Å². The molecular formula is C34H36FN3O5S. The van der Waals surface area contributed by atoms with Crippen LogP contribution in [-0.2, 0) is 32.6 Å². The average Bonchev–Trinajstić information content (AvgIpc) is 3.03. The average molecular weight is 618 g/mol. The van der Waals surface area contributed by atoms with Crippen LogP contribution in [0.1, 0.15) is 23.6 Å². The van der Waals surface area contributed by atoms with Crippen molar-refractivity contribution in [3.8, 4) is 5.75 Å². The highest BCUT2D eigenvalue weighted by Gasteiger charge is 2.34. The minimum atomic E-state index is -4.22. The van der Waals surface area contributed by atoms with E-state index in [4.69, 9.17) is 4.74 Å². The molecule has 1 atom stereocenters. The van der Waals surface area contributed by atoms with E-state index in [1.165, 1.54) is 48.4 Å². The van der Waals surface area contributed by atoms with Crippen LogP contribution in [0.15, 0.2) is 108 Å². The van der Waals surface area contributed by atoms with Gasteiger partial charge in [-0.15, -0.1) is 0 Å². The number of ether oxygens (including phenoxy) is 1. The molecule has 0 heterocycles. The first-order chi connectivity index (χ1) is 21.1. The molecule has 230 valence electrons. The number of nitrogens with zero attached hydrogens (tertiary/aromatic N) is 2. The molecular weight excluding hydrogens is 581 g/mol. The number of benzene rings is 4. The number of carbonyl (C=O) groups excluding carboxylic acids is 2. The Balaban J connectivity index is 1.79. The Bertz CT molecular complexity index is 1650. The largest absolute Gasteiger partial charge is 0.497 e. The van der Waals surface area contributed by atoms with Crippen LogP contribution in [0.4, 0.5) is 10.1 Å². The van der Waals surface area contributed by atoms with Gasteiger partial charge in [0, 0.05) is 19.5 Å². The summed E-state index contributed by atoms with van der Waals surface area (Å²) in [5, 5.41) is 2.82. The molecule has 0 aliphatic heterocycles. The van der Waals surface area contributed by atoms with Gasteiger partial charge in [-0.3, -0.25) is 13.9 Å². The van der Waals surface area contributed by atoms with Gasteiger partial charge < -0.3 is 15.0 Å². The van der Waals surface area contributed by atoms with Gasteiger partial charge in [0.2, 0.25) is 11.8 Å². The van der Waals surface area contributed by atoms with Gasteiger partial charge in [0.1, 0.15) is 24.2 Å². The number of anilines is 1. The van der Waals surface area contributed by atoms with E-state index >= 15 is 0 Å². The van der Waals surface area contributed by atoms with E-state index in [1.54, 1.807) is 43.3 Å². The number of nitrogens with one attached hydrogen (secondary N) is 1. The van der Waals surface area contributed by atoms with Crippen LogP contribution in [-0.4, -0.2) is 51.4 Å². The van der Waals surface area contributed by atoms with Crippen molar-refractivity contribution < 1.29 is 27.1 Å². The fourth-order valence-electron chi connectivity index (χ4n) is 4.75. The van der Waals surface area contributed by atoms with Crippen LogP contribution in [0, 0.1) is 12.7 Å². The van der Waals surface area contributed by atoms with E-state index < -0.39 is 34.3 Å². The van der Waals surface area contributed by atoms with Gasteiger partial charge in [-0.1, -0.05) is 60.2 Å². The van der Waals surface area contributed by atoms with Crippen molar-refractivity contribution >= 4 is 27.5 Å². The quantitative estimate of drug-likeness (QED) is 0.225. The van der Waals surface area contributed by atoms with Crippen molar-refractivity contribution in [3.63, 3.8) is 0 Å². The maximum Gasteiger partial charge on any atom is 0.264 e. The first-order valence-corrected chi connectivity index (χ1v) is 15.7. The van der Waals surface area contributed by atoms with Crippen LogP contribution >= 0.6 is 0 Å². The van der Waals surface area contributed by atoms with E-state index in [0.717, 1.165) is 15.4 Å². The molecule has 4 aromatic carbocycles. The van der Waals surface area contributed by atoms with E-state index in [-0.39, 0.29) is 29.5 Å². The number of likely N-dealkylation sites (N-methyl/N-ethyl adjacent to an activating group) is 1. The van der Waals surface area contributed by atoms with Gasteiger partial charge in [-0.25, -0.2) is 12.8 Å². The second kappa shape index (κ2) is 14.7. The number of halogens is 1. The predicted molar refractivity (Wildman–Crippen MR) is 168 cm³/mol. The van der Waals surface area contributed by atoms with E-state index in [2.05, 4.69) is 5.32 Å². The molecule has 8 nitrogen and oxygen atoms in total. The third-order valence-electron chi connectivity index (χ3n) is 7.14. The summed E-state index contributed by atoms with van der Waals surface area (Å²) in [5.74, 6) is -0.909. The predicted octanol–water partition coefficient (Wildman–Crippen LogP) is 5.11. The van der Waals surface area contributed by atoms with Gasteiger partial charge in [0.15, 0.2) is 0 Å². The van der Waals surface area contributed by atoms with Crippen LogP contribution in [0.2, 0.25) is 0 Å². The monoisotopic (exact) mass is 617 g/mol. The molecule has 0 aliphatic carbocycles. The third kappa shape index (κ3) is 8.02. The van der Waals surface area contributed by atoms with Crippen molar-refractivity contribution in [3.05, 3.63) is 126 Å². The molecule has 0 bridgehead atoms. The topological polar surface area (TPSA) is 96.0 Å². The van der Waals surface area contributed by atoms with E-state index in [9.17, 15) is 22.4 Å². The SMILES string of the molecule is CCNC(=O)[C@@H](Cc1ccccc1)N(Cc1ccc(F)cc1)C(=O)CN(c1ccc(OC)cc1)S(=O)(=O)c1ccc(C)cc1. The molecule has 0 unspecified atom stereocenters. The zero-order valence-electron chi connectivity index (χ0n) is 24.9. The smallest absolute Gasteiger partial charge is 0.264 e. The van der Waals surface area contributed by atoms with Crippen molar-refractivity contribution in [1.29, 1.82) is 0 Å². The molecule has 44 heavy (non-hydrogen) atoms.